The normalized spacial score (nSPS) is 18.0. The van der Waals surface area contributed by atoms with E-state index in [2.05, 4.69) is 35.0 Å². The van der Waals surface area contributed by atoms with Gasteiger partial charge in [0.2, 0.25) is 0 Å². The van der Waals surface area contributed by atoms with Crippen LogP contribution < -0.4 is 4.74 Å². The number of methoxy groups -OCH3 is 1. The lowest BCUT2D eigenvalue weighted by Crippen LogP contribution is -2.38. The Bertz CT molecular complexity index is 787. The van der Waals surface area contributed by atoms with Crippen molar-refractivity contribution in [2.24, 2.45) is 11.8 Å². The van der Waals surface area contributed by atoms with Crippen molar-refractivity contribution in [2.75, 3.05) is 20.2 Å². The number of ketones is 1. The molecule has 146 valence electrons. The Balaban J connectivity index is 1.66. The molecule has 2 aromatic rings. The molecule has 2 heterocycles. The summed E-state index contributed by atoms with van der Waals surface area (Å²) in [5.41, 5.74) is 2.49. The van der Waals surface area contributed by atoms with Crippen LogP contribution in [0.15, 0.2) is 24.3 Å². The molecule has 1 atom stereocenters. The quantitative estimate of drug-likeness (QED) is 0.749. The van der Waals surface area contributed by atoms with Gasteiger partial charge in [-0.2, -0.15) is 5.10 Å². The zero-order chi connectivity index (χ0) is 19.4. The number of hydrogen-bond acceptors (Lipinski definition) is 4. The first-order chi connectivity index (χ1) is 13.0. The molecule has 27 heavy (non-hydrogen) atoms. The summed E-state index contributed by atoms with van der Waals surface area (Å²) in [5, 5.41) is 7.49. The van der Waals surface area contributed by atoms with Crippen molar-refractivity contribution in [1.29, 1.82) is 0 Å². The molecule has 6 heteroatoms. The summed E-state index contributed by atoms with van der Waals surface area (Å²) in [4.78, 5) is 15.2. The fourth-order valence-corrected chi connectivity index (χ4v) is 3.76. The standard InChI is InChI=1S/C21H28FN3O2/c1-14(2)9-17-11-18(24-23-17)13-25-8-4-5-15(12-25)21(26)19-10-16(22)6-7-20(19)27-3/h6-7,10-11,14-15H,4-5,8-9,12-13H2,1-3H3,(H,23,24). The Morgan fingerprint density at radius 3 is 2.96 bits per heavy atom. The van der Waals surface area contributed by atoms with E-state index in [4.69, 9.17) is 4.74 Å². The molecule has 1 N–H and O–H groups in total. The van der Waals surface area contributed by atoms with Crippen LogP contribution in [0.3, 0.4) is 0 Å². The van der Waals surface area contributed by atoms with Gasteiger partial charge in [0.15, 0.2) is 5.78 Å². The molecule has 1 aliphatic heterocycles. The SMILES string of the molecule is COc1ccc(F)cc1C(=O)C1CCCN(Cc2cc(CC(C)C)n[nH]2)C1. The van der Waals surface area contributed by atoms with Crippen molar-refractivity contribution in [1.82, 2.24) is 15.1 Å². The van der Waals surface area contributed by atoms with E-state index in [1.807, 2.05) is 0 Å². The van der Waals surface area contributed by atoms with E-state index in [0.717, 1.165) is 43.7 Å². The Hall–Kier alpha value is -2.21. The smallest absolute Gasteiger partial charge is 0.171 e. The zero-order valence-electron chi connectivity index (χ0n) is 16.3. The molecular formula is C21H28FN3O2. The number of ether oxygens (including phenoxy) is 1. The van der Waals surface area contributed by atoms with Gasteiger partial charge in [0, 0.05) is 24.7 Å². The maximum Gasteiger partial charge on any atom is 0.171 e. The highest BCUT2D eigenvalue weighted by atomic mass is 19.1. The number of H-pyrrole nitrogens is 1. The predicted octanol–water partition coefficient (Wildman–Crippen LogP) is 3.85. The molecule has 0 aliphatic carbocycles. The lowest BCUT2D eigenvalue weighted by molar-refractivity contribution is 0.0806. The fraction of sp³-hybridized carbons (Fsp3) is 0.524. The molecule has 0 amide bonds. The number of benzene rings is 1. The van der Waals surface area contributed by atoms with Gasteiger partial charge in [-0.1, -0.05) is 13.8 Å². The van der Waals surface area contributed by atoms with E-state index in [0.29, 0.717) is 23.8 Å². The van der Waals surface area contributed by atoms with Gasteiger partial charge in [0.1, 0.15) is 11.6 Å². The summed E-state index contributed by atoms with van der Waals surface area (Å²) in [5.74, 6) is 0.403. The van der Waals surface area contributed by atoms with Crippen molar-refractivity contribution in [2.45, 2.75) is 39.7 Å². The molecule has 0 spiro atoms. The first kappa shape index (κ1) is 19.5. The molecule has 1 aliphatic rings. The third-order valence-corrected chi connectivity index (χ3v) is 5.00. The van der Waals surface area contributed by atoms with E-state index in [1.165, 1.54) is 25.3 Å². The number of carbonyl (C=O) groups is 1. The van der Waals surface area contributed by atoms with Crippen molar-refractivity contribution >= 4 is 5.78 Å². The molecule has 0 radical (unpaired) electrons. The zero-order valence-corrected chi connectivity index (χ0v) is 16.3. The van der Waals surface area contributed by atoms with Gasteiger partial charge in [-0.05, 0) is 56.0 Å². The number of carbonyl (C=O) groups excluding carboxylic acids is 1. The molecular weight excluding hydrogens is 345 g/mol. The van der Waals surface area contributed by atoms with Crippen LogP contribution >= 0.6 is 0 Å². The molecule has 1 saturated heterocycles. The van der Waals surface area contributed by atoms with E-state index in [1.54, 1.807) is 0 Å². The van der Waals surface area contributed by atoms with Gasteiger partial charge in [-0.3, -0.25) is 14.8 Å². The second-order valence-corrected chi connectivity index (χ2v) is 7.77. The van der Waals surface area contributed by atoms with Crippen molar-refractivity contribution in [3.8, 4) is 5.75 Å². The number of rotatable bonds is 7. The maximum atomic E-state index is 13.6. The van der Waals surface area contributed by atoms with Crippen molar-refractivity contribution < 1.29 is 13.9 Å². The van der Waals surface area contributed by atoms with Gasteiger partial charge in [-0.15, -0.1) is 0 Å². The summed E-state index contributed by atoms with van der Waals surface area (Å²) in [6.07, 6.45) is 2.72. The summed E-state index contributed by atoms with van der Waals surface area (Å²) in [6.45, 7) is 6.71. The molecule has 1 unspecified atom stereocenters. The number of hydrogen-bond donors (Lipinski definition) is 1. The minimum absolute atomic E-state index is 0.0406. The number of piperidine rings is 1. The first-order valence-corrected chi connectivity index (χ1v) is 9.59. The van der Waals surface area contributed by atoms with Crippen LogP contribution in [0.1, 0.15) is 48.4 Å². The fourth-order valence-electron chi connectivity index (χ4n) is 3.76. The van der Waals surface area contributed by atoms with Crippen LogP contribution in [-0.4, -0.2) is 41.1 Å². The van der Waals surface area contributed by atoms with Crippen LogP contribution in [-0.2, 0) is 13.0 Å². The van der Waals surface area contributed by atoms with Crippen LogP contribution in [0.2, 0.25) is 0 Å². The third kappa shape index (κ3) is 4.95. The van der Waals surface area contributed by atoms with E-state index in [9.17, 15) is 9.18 Å². The number of halogens is 1. The molecule has 0 saturated carbocycles. The Morgan fingerprint density at radius 2 is 2.22 bits per heavy atom. The maximum absolute atomic E-state index is 13.6. The van der Waals surface area contributed by atoms with Crippen LogP contribution in [0, 0.1) is 17.7 Å². The van der Waals surface area contributed by atoms with Gasteiger partial charge < -0.3 is 4.74 Å². The highest BCUT2D eigenvalue weighted by molar-refractivity contribution is 6.00. The van der Waals surface area contributed by atoms with Crippen molar-refractivity contribution in [3.63, 3.8) is 0 Å². The average molecular weight is 373 g/mol. The summed E-state index contributed by atoms with van der Waals surface area (Å²) >= 11 is 0. The summed E-state index contributed by atoms with van der Waals surface area (Å²) in [7, 11) is 1.50. The van der Waals surface area contributed by atoms with Crippen molar-refractivity contribution in [3.05, 3.63) is 47.0 Å². The number of likely N-dealkylation sites (tertiary alicyclic amines) is 1. The lowest BCUT2D eigenvalue weighted by atomic mass is 9.89. The predicted molar refractivity (Wildman–Crippen MR) is 102 cm³/mol. The minimum atomic E-state index is -0.415. The highest BCUT2D eigenvalue weighted by Gasteiger charge is 2.29. The van der Waals surface area contributed by atoms with Gasteiger partial charge >= 0.3 is 0 Å². The van der Waals surface area contributed by atoms with Crippen LogP contribution in [0.25, 0.3) is 0 Å². The Kier molecular flexibility index (Phi) is 6.26. The van der Waals surface area contributed by atoms with Gasteiger partial charge in [-0.25, -0.2) is 4.39 Å². The molecule has 5 nitrogen and oxygen atoms in total. The number of nitrogens with one attached hydrogen (secondary N) is 1. The number of nitrogens with zero attached hydrogens (tertiary/aromatic N) is 2. The minimum Gasteiger partial charge on any atom is -0.496 e. The van der Waals surface area contributed by atoms with Crippen LogP contribution in [0.5, 0.6) is 5.75 Å². The second kappa shape index (κ2) is 8.65. The number of aromatic amines is 1. The number of aromatic nitrogens is 2. The van der Waals surface area contributed by atoms with E-state index >= 15 is 0 Å². The molecule has 1 aromatic carbocycles. The molecule has 0 bridgehead atoms. The van der Waals surface area contributed by atoms with E-state index in [-0.39, 0.29) is 11.7 Å². The largest absolute Gasteiger partial charge is 0.496 e. The molecule has 1 fully saturated rings. The van der Waals surface area contributed by atoms with Gasteiger partial charge in [0.05, 0.1) is 18.4 Å². The van der Waals surface area contributed by atoms with Crippen LogP contribution in [0.4, 0.5) is 4.39 Å². The topological polar surface area (TPSA) is 58.2 Å². The lowest BCUT2D eigenvalue weighted by Gasteiger charge is -2.31. The summed E-state index contributed by atoms with van der Waals surface area (Å²) in [6, 6.07) is 6.23. The first-order valence-electron chi connectivity index (χ1n) is 9.59. The number of Topliss-reactive ketones (excluding diaryl/α,β-unsaturated/α-hetero) is 1. The highest BCUT2D eigenvalue weighted by Crippen LogP contribution is 2.27. The Labute approximate surface area is 159 Å². The monoisotopic (exact) mass is 373 g/mol. The Morgan fingerprint density at radius 1 is 1.41 bits per heavy atom. The van der Waals surface area contributed by atoms with Gasteiger partial charge in [0.25, 0.3) is 0 Å². The average Bonchev–Trinajstić information content (AvgIpc) is 3.07. The second-order valence-electron chi connectivity index (χ2n) is 7.77. The van der Waals surface area contributed by atoms with E-state index < -0.39 is 5.82 Å². The molecule has 3 rings (SSSR count). The molecule has 1 aromatic heterocycles. The third-order valence-electron chi connectivity index (χ3n) is 5.00. The summed E-state index contributed by atoms with van der Waals surface area (Å²) < 4.78 is 18.9.